The molecule has 3 heterocycles. The van der Waals surface area contributed by atoms with Gasteiger partial charge < -0.3 is 19.5 Å². The minimum absolute atomic E-state index is 0.0476. The number of hydrogen-bond acceptors (Lipinski definition) is 6. The third kappa shape index (κ3) is 3.88. The normalized spacial score (nSPS) is 31.0. The first-order chi connectivity index (χ1) is 17.2. The monoisotopic (exact) mass is 472 g/mol. The van der Waals surface area contributed by atoms with Crippen LogP contribution in [0.15, 0.2) is 70.5 Å². The molecule has 1 fully saturated rings. The van der Waals surface area contributed by atoms with Crippen molar-refractivity contribution in [2.75, 3.05) is 34.4 Å². The number of nitrogens with one attached hydrogen (secondary N) is 1. The van der Waals surface area contributed by atoms with E-state index in [2.05, 4.69) is 52.5 Å². The zero-order valence-electron chi connectivity index (χ0n) is 20.5. The maximum atomic E-state index is 5.71. The molecule has 35 heavy (non-hydrogen) atoms. The molecule has 1 saturated heterocycles. The summed E-state index contributed by atoms with van der Waals surface area (Å²) in [6, 6.07) is 0.219. The Labute approximate surface area is 206 Å². The Morgan fingerprint density at radius 1 is 1.00 bits per heavy atom. The van der Waals surface area contributed by atoms with Crippen LogP contribution in [0.1, 0.15) is 41.8 Å². The summed E-state index contributed by atoms with van der Waals surface area (Å²) >= 11 is 0. The molecule has 0 amide bonds. The molecule has 1 aromatic rings. The van der Waals surface area contributed by atoms with Gasteiger partial charge in [-0.3, -0.25) is 9.67 Å². The number of aliphatic imine (C=N–C) groups is 1. The highest BCUT2D eigenvalue weighted by atomic mass is 16.5. The van der Waals surface area contributed by atoms with Crippen molar-refractivity contribution in [1.29, 1.82) is 0 Å². The molecule has 1 N–H and O–H groups in total. The molecule has 2 aliphatic heterocycles. The lowest BCUT2D eigenvalue weighted by Crippen LogP contribution is -2.29. The minimum Gasteiger partial charge on any atom is -0.497 e. The second kappa shape index (κ2) is 9.22. The predicted molar refractivity (Wildman–Crippen MR) is 137 cm³/mol. The smallest absolute Gasteiger partial charge is 0.115 e. The van der Waals surface area contributed by atoms with Gasteiger partial charge in [-0.25, -0.2) is 0 Å². The summed E-state index contributed by atoms with van der Waals surface area (Å²) in [5, 5.41) is 8.75. The fourth-order valence-corrected chi connectivity index (χ4v) is 5.77. The molecule has 182 valence electrons. The summed E-state index contributed by atoms with van der Waals surface area (Å²) in [4.78, 5) is 4.90. The number of methoxy groups -OCH3 is 3. The molecule has 5 aliphatic rings. The van der Waals surface area contributed by atoms with E-state index in [1.807, 2.05) is 12.3 Å². The van der Waals surface area contributed by atoms with Gasteiger partial charge in [-0.1, -0.05) is 30.4 Å². The molecule has 0 bridgehead atoms. The Bertz CT molecular complexity index is 1230. The van der Waals surface area contributed by atoms with E-state index in [0.29, 0.717) is 0 Å². The maximum absolute atomic E-state index is 5.71. The molecule has 5 unspecified atom stereocenters. The molecular weight excluding hydrogens is 440 g/mol. The highest BCUT2D eigenvalue weighted by Crippen LogP contribution is 2.41. The van der Waals surface area contributed by atoms with E-state index in [4.69, 9.17) is 24.3 Å². The van der Waals surface area contributed by atoms with Gasteiger partial charge in [0.25, 0.3) is 0 Å². The van der Waals surface area contributed by atoms with Gasteiger partial charge in [-0.05, 0) is 48.8 Å². The van der Waals surface area contributed by atoms with Crippen molar-refractivity contribution in [2.45, 2.75) is 43.1 Å². The van der Waals surface area contributed by atoms with Crippen LogP contribution in [0, 0.1) is 0 Å². The number of fused-ring (bicyclic) bond motifs is 4. The van der Waals surface area contributed by atoms with E-state index < -0.39 is 0 Å². The quantitative estimate of drug-likeness (QED) is 0.709. The second-order valence-electron chi connectivity index (χ2n) is 9.55. The Morgan fingerprint density at radius 3 is 2.71 bits per heavy atom. The van der Waals surface area contributed by atoms with Crippen LogP contribution in [0.25, 0.3) is 5.57 Å². The van der Waals surface area contributed by atoms with E-state index in [0.717, 1.165) is 48.5 Å². The van der Waals surface area contributed by atoms with Crippen molar-refractivity contribution in [3.8, 4) is 0 Å². The molecule has 7 nitrogen and oxygen atoms in total. The number of nitrogens with zero attached hydrogens (tertiary/aromatic N) is 3. The summed E-state index contributed by atoms with van der Waals surface area (Å²) in [7, 11) is 5.14. The molecule has 3 aliphatic carbocycles. The van der Waals surface area contributed by atoms with E-state index in [9.17, 15) is 0 Å². The first kappa shape index (κ1) is 22.5. The largest absolute Gasteiger partial charge is 0.497 e. The van der Waals surface area contributed by atoms with Crippen molar-refractivity contribution in [3.63, 3.8) is 0 Å². The molecule has 7 heteroatoms. The van der Waals surface area contributed by atoms with E-state index >= 15 is 0 Å². The predicted octanol–water partition coefficient (Wildman–Crippen LogP) is 3.64. The van der Waals surface area contributed by atoms with Crippen LogP contribution in [0.3, 0.4) is 0 Å². The summed E-state index contributed by atoms with van der Waals surface area (Å²) in [5.41, 5.74) is 7.13. The Kier molecular flexibility index (Phi) is 5.92. The van der Waals surface area contributed by atoms with Gasteiger partial charge in [0, 0.05) is 44.0 Å². The number of aromatic nitrogens is 2. The summed E-state index contributed by atoms with van der Waals surface area (Å²) in [6.45, 7) is 1.98. The standard InChI is InChI=1S/C28H32N4O3/c1-33-21-7-8-24-22(14-21)28-23(16-30-24)27(18-5-9-25(34-2)26(13-18)35-3)31-32(28)20-6-4-19-15-29-11-10-17(19)12-20/h4-5,7-9,12-14,16,20,22,24-26,29H,6,10-11,15H2,1-3H3. The average Bonchev–Trinajstić information content (AvgIpc) is 3.32. The summed E-state index contributed by atoms with van der Waals surface area (Å²) in [6.07, 6.45) is 21.1. The van der Waals surface area contributed by atoms with Gasteiger partial charge in [-0.2, -0.15) is 5.10 Å². The molecule has 5 atom stereocenters. The van der Waals surface area contributed by atoms with Gasteiger partial charge >= 0.3 is 0 Å². The van der Waals surface area contributed by atoms with Crippen molar-refractivity contribution in [1.82, 2.24) is 15.1 Å². The van der Waals surface area contributed by atoms with Gasteiger partial charge in [0.2, 0.25) is 0 Å². The Morgan fingerprint density at radius 2 is 1.89 bits per heavy atom. The second-order valence-corrected chi connectivity index (χ2v) is 9.55. The van der Waals surface area contributed by atoms with Gasteiger partial charge in [-0.15, -0.1) is 0 Å². The molecule has 1 aromatic heterocycles. The zero-order chi connectivity index (χ0) is 23.9. The number of ether oxygens (including phenoxy) is 3. The number of allylic oxidation sites excluding steroid dienone is 5. The Balaban J connectivity index is 1.47. The van der Waals surface area contributed by atoms with Crippen LogP contribution in [0.5, 0.6) is 0 Å². The highest BCUT2D eigenvalue weighted by Gasteiger charge is 2.36. The lowest BCUT2D eigenvalue weighted by molar-refractivity contribution is 0.0144. The van der Waals surface area contributed by atoms with Crippen LogP contribution in [-0.4, -0.2) is 68.7 Å². The molecule has 0 aromatic carbocycles. The average molecular weight is 473 g/mol. The lowest BCUT2D eigenvalue weighted by Gasteiger charge is -2.31. The topological polar surface area (TPSA) is 69.9 Å². The van der Waals surface area contributed by atoms with E-state index in [1.54, 1.807) is 21.3 Å². The van der Waals surface area contributed by atoms with Crippen molar-refractivity contribution >= 4 is 11.8 Å². The number of rotatable bonds is 5. The van der Waals surface area contributed by atoms with Crippen molar-refractivity contribution in [2.24, 2.45) is 4.99 Å². The highest BCUT2D eigenvalue weighted by molar-refractivity contribution is 5.92. The number of piperidine rings is 1. The van der Waals surface area contributed by atoms with Crippen LogP contribution < -0.4 is 5.32 Å². The summed E-state index contributed by atoms with van der Waals surface area (Å²) in [5.74, 6) is 0.941. The fourth-order valence-electron chi connectivity index (χ4n) is 5.77. The van der Waals surface area contributed by atoms with Crippen LogP contribution >= 0.6 is 0 Å². The molecular formula is C28H32N4O3. The van der Waals surface area contributed by atoms with E-state index in [1.165, 1.54) is 16.8 Å². The molecule has 0 saturated carbocycles. The first-order valence-corrected chi connectivity index (χ1v) is 12.4. The Hall–Kier alpha value is -3.00. The van der Waals surface area contributed by atoms with Crippen LogP contribution in [-0.2, 0) is 14.2 Å². The van der Waals surface area contributed by atoms with Gasteiger partial charge in [0.05, 0.1) is 24.9 Å². The maximum Gasteiger partial charge on any atom is 0.115 e. The molecule has 6 rings (SSSR count). The first-order valence-electron chi connectivity index (χ1n) is 12.4. The van der Waals surface area contributed by atoms with Crippen molar-refractivity contribution < 1.29 is 14.2 Å². The zero-order valence-corrected chi connectivity index (χ0v) is 20.5. The number of hydrogen-bond donors (Lipinski definition) is 1. The van der Waals surface area contributed by atoms with E-state index in [-0.39, 0.29) is 30.2 Å². The van der Waals surface area contributed by atoms with Crippen LogP contribution in [0.4, 0.5) is 0 Å². The minimum atomic E-state index is -0.163. The van der Waals surface area contributed by atoms with Crippen molar-refractivity contribution in [3.05, 3.63) is 82.5 Å². The van der Waals surface area contributed by atoms with Crippen LogP contribution in [0.2, 0.25) is 0 Å². The molecule has 0 radical (unpaired) electrons. The third-order valence-electron chi connectivity index (χ3n) is 7.65. The third-order valence-corrected chi connectivity index (χ3v) is 7.65. The lowest BCUT2D eigenvalue weighted by atomic mass is 9.85. The fraction of sp³-hybridized carbons (Fsp3) is 0.429. The van der Waals surface area contributed by atoms with Gasteiger partial charge in [0.1, 0.15) is 23.7 Å². The van der Waals surface area contributed by atoms with Gasteiger partial charge in [0.15, 0.2) is 0 Å². The molecule has 0 spiro atoms. The summed E-state index contributed by atoms with van der Waals surface area (Å²) < 4.78 is 19.1. The SMILES string of the molecule is COC1=CC2c3c(c(C4=CC(OC)C(OC)C=C4)nn3C3C=C4CCNCC4=CC3)C=NC2C=C1.